The van der Waals surface area contributed by atoms with Gasteiger partial charge in [-0.15, -0.1) is 0 Å². The standard InChI is InChI=1S/C11H22N2O4.C5H11N/c1-3-4-5-12-11(17)7-9(15)10(16)8(14)6(2)13-7;1-2-4-6-5-3-1/h6-10,13-16H,3-5H2,1-2H3,(H,12,17);6H,1-5H2. The average Bonchev–Trinajstić information content (AvgIpc) is 2.58. The highest BCUT2D eigenvalue weighted by Crippen LogP contribution is 2.15. The molecule has 7 heteroatoms. The van der Waals surface area contributed by atoms with Crippen LogP contribution in [0.25, 0.3) is 0 Å². The van der Waals surface area contributed by atoms with Crippen LogP contribution in [0.15, 0.2) is 0 Å². The number of nitrogens with one attached hydrogen (secondary N) is 3. The van der Waals surface area contributed by atoms with Crippen molar-refractivity contribution in [2.45, 2.75) is 76.3 Å². The highest BCUT2D eigenvalue weighted by molar-refractivity contribution is 5.82. The van der Waals surface area contributed by atoms with Crippen molar-refractivity contribution in [1.82, 2.24) is 16.0 Å². The molecule has 23 heavy (non-hydrogen) atoms. The van der Waals surface area contributed by atoms with E-state index in [1.165, 1.54) is 32.4 Å². The molecule has 0 aromatic rings. The number of rotatable bonds is 4. The summed E-state index contributed by atoms with van der Waals surface area (Å²) in [4.78, 5) is 11.8. The molecule has 2 aliphatic rings. The maximum atomic E-state index is 11.8. The predicted octanol–water partition coefficient (Wildman–Crippen LogP) is -0.894. The lowest BCUT2D eigenvalue weighted by atomic mass is 9.90. The molecule has 2 aliphatic heterocycles. The van der Waals surface area contributed by atoms with E-state index in [1.54, 1.807) is 6.92 Å². The van der Waals surface area contributed by atoms with Crippen LogP contribution in [0.3, 0.4) is 0 Å². The van der Waals surface area contributed by atoms with Crippen molar-refractivity contribution in [2.75, 3.05) is 19.6 Å². The number of hydrogen-bond donors (Lipinski definition) is 6. The lowest BCUT2D eigenvalue weighted by molar-refractivity contribution is -0.142. The summed E-state index contributed by atoms with van der Waals surface area (Å²) >= 11 is 0. The lowest BCUT2D eigenvalue weighted by Crippen LogP contribution is -2.67. The van der Waals surface area contributed by atoms with Crippen molar-refractivity contribution in [3.63, 3.8) is 0 Å². The molecule has 0 aromatic heterocycles. The molecular weight excluding hydrogens is 298 g/mol. The van der Waals surface area contributed by atoms with Gasteiger partial charge in [0.2, 0.25) is 5.91 Å². The minimum atomic E-state index is -1.30. The van der Waals surface area contributed by atoms with Gasteiger partial charge in [0.1, 0.15) is 18.2 Å². The van der Waals surface area contributed by atoms with E-state index in [4.69, 9.17) is 0 Å². The first-order valence-electron chi connectivity index (χ1n) is 8.77. The Labute approximate surface area is 138 Å². The van der Waals surface area contributed by atoms with Gasteiger partial charge in [0.05, 0.1) is 6.10 Å². The fourth-order valence-electron chi connectivity index (χ4n) is 2.71. The van der Waals surface area contributed by atoms with Gasteiger partial charge in [-0.05, 0) is 39.3 Å². The lowest BCUT2D eigenvalue weighted by Gasteiger charge is -2.39. The zero-order valence-electron chi connectivity index (χ0n) is 14.3. The molecule has 6 N–H and O–H groups in total. The maximum absolute atomic E-state index is 11.8. The Morgan fingerprint density at radius 2 is 1.74 bits per heavy atom. The van der Waals surface area contributed by atoms with Crippen LogP contribution in [0.5, 0.6) is 0 Å². The van der Waals surface area contributed by atoms with E-state index in [9.17, 15) is 20.1 Å². The quantitative estimate of drug-likeness (QED) is 0.372. The van der Waals surface area contributed by atoms with E-state index < -0.39 is 30.4 Å². The van der Waals surface area contributed by atoms with E-state index in [1.807, 2.05) is 6.92 Å². The summed E-state index contributed by atoms with van der Waals surface area (Å²) in [5.41, 5.74) is 0. The van der Waals surface area contributed by atoms with Gasteiger partial charge in [0.25, 0.3) is 0 Å². The molecule has 1 amide bonds. The van der Waals surface area contributed by atoms with Crippen molar-refractivity contribution in [2.24, 2.45) is 0 Å². The van der Waals surface area contributed by atoms with Crippen molar-refractivity contribution in [1.29, 1.82) is 0 Å². The molecule has 2 rings (SSSR count). The van der Waals surface area contributed by atoms with Crippen LogP contribution < -0.4 is 16.0 Å². The van der Waals surface area contributed by atoms with Gasteiger partial charge in [-0.3, -0.25) is 10.1 Å². The van der Waals surface area contributed by atoms with Gasteiger partial charge in [0, 0.05) is 12.6 Å². The van der Waals surface area contributed by atoms with Crippen LogP contribution >= 0.6 is 0 Å². The Morgan fingerprint density at radius 1 is 1.09 bits per heavy atom. The summed E-state index contributed by atoms with van der Waals surface area (Å²) in [5.74, 6) is -0.344. The molecule has 0 aromatic carbocycles. The fourth-order valence-corrected chi connectivity index (χ4v) is 2.71. The number of aliphatic hydroxyl groups excluding tert-OH is 3. The second-order valence-electron chi connectivity index (χ2n) is 6.36. The summed E-state index contributed by atoms with van der Waals surface area (Å²) in [5, 5.41) is 37.6. The molecule has 0 bridgehead atoms. The number of unbranched alkanes of at least 4 members (excludes halogenated alkanes) is 1. The first kappa shape index (κ1) is 20.3. The molecule has 2 fully saturated rings. The maximum Gasteiger partial charge on any atom is 0.239 e. The van der Waals surface area contributed by atoms with Crippen LogP contribution in [0.2, 0.25) is 0 Å². The SMILES string of the molecule is C1CCNCC1.CCCCNC(=O)C1NC(C)C(O)C(O)C1O. The van der Waals surface area contributed by atoms with Gasteiger partial charge in [-0.1, -0.05) is 19.8 Å². The van der Waals surface area contributed by atoms with Crippen molar-refractivity contribution in [3.05, 3.63) is 0 Å². The summed E-state index contributed by atoms with van der Waals surface area (Å²) in [6, 6.07) is -1.31. The minimum absolute atomic E-state index is 0.344. The molecule has 5 atom stereocenters. The number of carbonyl (C=O) groups excluding carboxylic acids is 1. The van der Waals surface area contributed by atoms with E-state index in [0.717, 1.165) is 12.8 Å². The molecule has 136 valence electrons. The first-order valence-corrected chi connectivity index (χ1v) is 8.77. The normalized spacial score (nSPS) is 34.2. The Morgan fingerprint density at radius 3 is 2.22 bits per heavy atom. The summed E-state index contributed by atoms with van der Waals surface area (Å²) in [6.45, 7) is 6.72. The van der Waals surface area contributed by atoms with E-state index >= 15 is 0 Å². The predicted molar refractivity (Wildman–Crippen MR) is 89.0 cm³/mol. The van der Waals surface area contributed by atoms with Crippen LogP contribution in [0.4, 0.5) is 0 Å². The third-order valence-corrected chi connectivity index (χ3v) is 4.32. The Bertz CT molecular complexity index is 328. The smallest absolute Gasteiger partial charge is 0.239 e. The molecule has 0 radical (unpaired) electrons. The third-order valence-electron chi connectivity index (χ3n) is 4.32. The van der Waals surface area contributed by atoms with E-state index in [0.29, 0.717) is 6.54 Å². The second kappa shape index (κ2) is 10.9. The minimum Gasteiger partial charge on any atom is -0.389 e. The number of hydrogen-bond acceptors (Lipinski definition) is 6. The summed E-state index contributed by atoms with van der Waals surface area (Å²) < 4.78 is 0. The molecular formula is C16H33N3O4. The van der Waals surface area contributed by atoms with Gasteiger partial charge < -0.3 is 26.0 Å². The third kappa shape index (κ3) is 6.73. The first-order chi connectivity index (χ1) is 11.0. The van der Waals surface area contributed by atoms with E-state index in [-0.39, 0.29) is 5.91 Å². The Balaban J connectivity index is 0.000000366. The molecule has 0 spiro atoms. The van der Waals surface area contributed by atoms with Gasteiger partial charge in [-0.25, -0.2) is 0 Å². The number of aliphatic hydroxyl groups is 3. The summed E-state index contributed by atoms with van der Waals surface area (Å²) in [6.07, 6.45) is 2.40. The highest BCUT2D eigenvalue weighted by Gasteiger charge is 2.43. The molecule has 2 saturated heterocycles. The Hall–Kier alpha value is -0.730. The number of carbonyl (C=O) groups is 1. The number of piperidine rings is 2. The summed E-state index contributed by atoms with van der Waals surface area (Å²) in [7, 11) is 0. The topological polar surface area (TPSA) is 114 Å². The average molecular weight is 331 g/mol. The van der Waals surface area contributed by atoms with Crippen LogP contribution in [-0.4, -0.2) is 71.3 Å². The van der Waals surface area contributed by atoms with Gasteiger partial charge in [-0.2, -0.15) is 0 Å². The zero-order valence-corrected chi connectivity index (χ0v) is 14.3. The highest BCUT2D eigenvalue weighted by atomic mass is 16.4. The molecule has 7 nitrogen and oxygen atoms in total. The molecule has 0 aliphatic carbocycles. The van der Waals surface area contributed by atoms with Crippen LogP contribution in [-0.2, 0) is 4.79 Å². The largest absolute Gasteiger partial charge is 0.389 e. The van der Waals surface area contributed by atoms with Crippen molar-refractivity contribution < 1.29 is 20.1 Å². The zero-order chi connectivity index (χ0) is 17.2. The molecule has 0 saturated carbocycles. The van der Waals surface area contributed by atoms with Gasteiger partial charge >= 0.3 is 0 Å². The molecule has 5 unspecified atom stereocenters. The van der Waals surface area contributed by atoms with Crippen molar-refractivity contribution in [3.8, 4) is 0 Å². The number of amides is 1. The van der Waals surface area contributed by atoms with Gasteiger partial charge in [0.15, 0.2) is 0 Å². The molecule has 2 heterocycles. The monoisotopic (exact) mass is 331 g/mol. The van der Waals surface area contributed by atoms with E-state index in [2.05, 4.69) is 16.0 Å². The second-order valence-corrected chi connectivity index (χ2v) is 6.36. The Kier molecular flexibility index (Phi) is 9.66. The van der Waals surface area contributed by atoms with Crippen LogP contribution in [0, 0.1) is 0 Å². The van der Waals surface area contributed by atoms with Crippen LogP contribution in [0.1, 0.15) is 46.0 Å². The fraction of sp³-hybridized carbons (Fsp3) is 0.938. The van der Waals surface area contributed by atoms with Crippen molar-refractivity contribution >= 4 is 5.91 Å².